The molecule has 118 valence electrons. The largest absolute Gasteiger partial charge is 0.497 e. The lowest BCUT2D eigenvalue weighted by Gasteiger charge is -2.08. The molecule has 23 heavy (non-hydrogen) atoms. The van der Waals surface area contributed by atoms with Gasteiger partial charge >= 0.3 is 0 Å². The smallest absolute Gasteiger partial charge is 0.258 e. The zero-order valence-corrected chi connectivity index (χ0v) is 12.8. The van der Waals surface area contributed by atoms with Gasteiger partial charge in [0.05, 0.1) is 25.3 Å². The summed E-state index contributed by atoms with van der Waals surface area (Å²) in [7, 11) is 3.48. The van der Waals surface area contributed by atoms with Crippen molar-refractivity contribution in [3.05, 3.63) is 42.7 Å². The number of methoxy groups -OCH3 is 1. The molecule has 0 unspecified atom stereocenters. The summed E-state index contributed by atoms with van der Waals surface area (Å²) in [5.41, 5.74) is 7.82. The summed E-state index contributed by atoms with van der Waals surface area (Å²) in [6, 6.07) is 3.55. The van der Waals surface area contributed by atoms with Crippen LogP contribution in [0.3, 0.4) is 0 Å². The van der Waals surface area contributed by atoms with Crippen LogP contribution in [0.1, 0.15) is 5.69 Å². The Kier molecular flexibility index (Phi) is 4.05. The number of aromatic nitrogens is 5. The van der Waals surface area contributed by atoms with Gasteiger partial charge in [0.15, 0.2) is 5.82 Å². The SMILES string of the molecule is COc1ccnc(COc2nc(-c3cn(C)cn3)cnc2N)c1. The van der Waals surface area contributed by atoms with E-state index in [9.17, 15) is 0 Å². The first-order valence-corrected chi connectivity index (χ1v) is 6.88. The van der Waals surface area contributed by atoms with Crippen molar-refractivity contribution in [2.75, 3.05) is 12.8 Å². The Morgan fingerprint density at radius 3 is 2.83 bits per heavy atom. The fourth-order valence-corrected chi connectivity index (χ4v) is 1.96. The van der Waals surface area contributed by atoms with Gasteiger partial charge in [0.1, 0.15) is 23.7 Å². The third-order valence-corrected chi connectivity index (χ3v) is 3.11. The van der Waals surface area contributed by atoms with E-state index in [1.807, 2.05) is 17.8 Å². The number of rotatable bonds is 5. The van der Waals surface area contributed by atoms with Gasteiger partial charge in [-0.25, -0.2) is 15.0 Å². The third-order valence-electron chi connectivity index (χ3n) is 3.11. The van der Waals surface area contributed by atoms with Gasteiger partial charge in [0.25, 0.3) is 5.88 Å². The van der Waals surface area contributed by atoms with Gasteiger partial charge < -0.3 is 19.8 Å². The van der Waals surface area contributed by atoms with E-state index in [4.69, 9.17) is 15.2 Å². The first kappa shape index (κ1) is 14.8. The van der Waals surface area contributed by atoms with Crippen molar-refractivity contribution in [3.8, 4) is 23.0 Å². The fraction of sp³-hybridized carbons (Fsp3) is 0.200. The fourth-order valence-electron chi connectivity index (χ4n) is 1.96. The molecule has 2 N–H and O–H groups in total. The number of ether oxygens (including phenoxy) is 2. The summed E-state index contributed by atoms with van der Waals surface area (Å²) in [4.78, 5) is 16.9. The molecule has 0 aliphatic rings. The zero-order valence-electron chi connectivity index (χ0n) is 12.8. The second-order valence-corrected chi connectivity index (χ2v) is 4.85. The van der Waals surface area contributed by atoms with Crippen LogP contribution in [0.2, 0.25) is 0 Å². The summed E-state index contributed by atoms with van der Waals surface area (Å²) in [5, 5.41) is 0. The van der Waals surface area contributed by atoms with Crippen LogP contribution in [-0.2, 0) is 13.7 Å². The first-order chi connectivity index (χ1) is 11.2. The van der Waals surface area contributed by atoms with Crippen molar-refractivity contribution in [1.29, 1.82) is 0 Å². The van der Waals surface area contributed by atoms with Crippen molar-refractivity contribution in [3.63, 3.8) is 0 Å². The van der Waals surface area contributed by atoms with Crippen LogP contribution >= 0.6 is 0 Å². The molecule has 0 fully saturated rings. The topological polar surface area (TPSA) is 101 Å². The molecule has 8 nitrogen and oxygen atoms in total. The lowest BCUT2D eigenvalue weighted by atomic mass is 10.3. The molecule has 3 heterocycles. The Morgan fingerprint density at radius 2 is 2.09 bits per heavy atom. The summed E-state index contributed by atoms with van der Waals surface area (Å²) in [6.45, 7) is 0.210. The summed E-state index contributed by atoms with van der Waals surface area (Å²) in [5.74, 6) is 1.17. The molecule has 0 bridgehead atoms. The number of aryl methyl sites for hydroxylation is 1. The number of anilines is 1. The zero-order chi connectivity index (χ0) is 16.2. The minimum absolute atomic E-state index is 0.210. The molecule has 0 aliphatic heterocycles. The van der Waals surface area contributed by atoms with Gasteiger partial charge in [-0.3, -0.25) is 4.98 Å². The van der Waals surface area contributed by atoms with Gasteiger partial charge in [-0.15, -0.1) is 0 Å². The Hall–Kier alpha value is -3.16. The number of imidazole rings is 1. The van der Waals surface area contributed by atoms with E-state index in [0.717, 1.165) is 0 Å². The van der Waals surface area contributed by atoms with E-state index in [0.29, 0.717) is 22.8 Å². The third kappa shape index (κ3) is 3.37. The van der Waals surface area contributed by atoms with E-state index in [2.05, 4.69) is 19.9 Å². The average molecular weight is 312 g/mol. The second-order valence-electron chi connectivity index (χ2n) is 4.85. The van der Waals surface area contributed by atoms with Gasteiger partial charge in [0.2, 0.25) is 0 Å². The summed E-state index contributed by atoms with van der Waals surface area (Å²) < 4.78 is 12.6. The maximum absolute atomic E-state index is 5.82. The second kappa shape index (κ2) is 6.30. The Labute approximate surface area is 133 Å². The van der Waals surface area contributed by atoms with Crippen LogP contribution < -0.4 is 15.2 Å². The van der Waals surface area contributed by atoms with Crippen LogP contribution in [0.4, 0.5) is 5.82 Å². The predicted octanol–water partition coefficient (Wildman–Crippen LogP) is 1.44. The van der Waals surface area contributed by atoms with E-state index in [1.54, 1.807) is 38.0 Å². The van der Waals surface area contributed by atoms with Crippen LogP contribution in [-0.4, -0.2) is 31.6 Å². The lowest BCUT2D eigenvalue weighted by molar-refractivity contribution is 0.289. The van der Waals surface area contributed by atoms with Crippen molar-refractivity contribution in [1.82, 2.24) is 24.5 Å². The normalized spacial score (nSPS) is 10.5. The van der Waals surface area contributed by atoms with Gasteiger partial charge in [-0.2, -0.15) is 0 Å². The number of nitrogen functional groups attached to an aromatic ring is 1. The van der Waals surface area contributed by atoms with Crippen LogP contribution in [0.5, 0.6) is 11.6 Å². The monoisotopic (exact) mass is 312 g/mol. The molecule has 0 amide bonds. The van der Waals surface area contributed by atoms with E-state index >= 15 is 0 Å². The molecular formula is C15H16N6O2. The minimum atomic E-state index is 0.210. The lowest BCUT2D eigenvalue weighted by Crippen LogP contribution is -2.05. The molecule has 0 atom stereocenters. The van der Waals surface area contributed by atoms with Crippen molar-refractivity contribution in [2.45, 2.75) is 6.61 Å². The average Bonchev–Trinajstić information content (AvgIpc) is 3.01. The first-order valence-electron chi connectivity index (χ1n) is 6.88. The molecule has 3 aromatic rings. The highest BCUT2D eigenvalue weighted by Crippen LogP contribution is 2.22. The maximum atomic E-state index is 5.82. The Morgan fingerprint density at radius 1 is 1.22 bits per heavy atom. The van der Waals surface area contributed by atoms with Crippen LogP contribution in [0.15, 0.2) is 37.1 Å². The quantitative estimate of drug-likeness (QED) is 0.760. The molecule has 3 aromatic heterocycles. The van der Waals surface area contributed by atoms with Crippen molar-refractivity contribution in [2.24, 2.45) is 7.05 Å². The van der Waals surface area contributed by atoms with Crippen molar-refractivity contribution < 1.29 is 9.47 Å². The number of hydrogen-bond donors (Lipinski definition) is 1. The number of pyridine rings is 1. The maximum Gasteiger partial charge on any atom is 0.258 e. The molecular weight excluding hydrogens is 296 g/mol. The number of nitrogens with two attached hydrogens (primary N) is 1. The predicted molar refractivity (Wildman–Crippen MR) is 83.8 cm³/mol. The number of nitrogens with zero attached hydrogens (tertiary/aromatic N) is 5. The Balaban J connectivity index is 1.79. The Bertz CT molecular complexity index is 817. The standard InChI is InChI=1S/C15H16N6O2/c1-21-7-13(19-9-21)12-6-18-14(16)15(20-12)23-8-10-5-11(22-2)3-4-17-10/h3-7,9H,8H2,1-2H3,(H2,16,18). The van der Waals surface area contributed by atoms with E-state index < -0.39 is 0 Å². The van der Waals surface area contributed by atoms with Gasteiger partial charge in [0, 0.05) is 25.5 Å². The van der Waals surface area contributed by atoms with Gasteiger partial charge in [-0.1, -0.05) is 0 Å². The molecule has 0 radical (unpaired) electrons. The van der Waals surface area contributed by atoms with E-state index in [-0.39, 0.29) is 18.3 Å². The molecule has 0 aromatic carbocycles. The molecule has 3 rings (SSSR count). The molecule has 0 aliphatic carbocycles. The summed E-state index contributed by atoms with van der Waals surface area (Å²) in [6.07, 6.45) is 6.74. The molecule has 0 saturated heterocycles. The highest BCUT2D eigenvalue weighted by atomic mass is 16.5. The van der Waals surface area contributed by atoms with Crippen LogP contribution in [0.25, 0.3) is 11.4 Å². The van der Waals surface area contributed by atoms with Crippen LogP contribution in [0, 0.1) is 0 Å². The van der Waals surface area contributed by atoms with Gasteiger partial charge in [-0.05, 0) is 6.07 Å². The van der Waals surface area contributed by atoms with Crippen molar-refractivity contribution >= 4 is 5.82 Å². The minimum Gasteiger partial charge on any atom is -0.497 e. The van der Waals surface area contributed by atoms with E-state index in [1.165, 1.54) is 0 Å². The number of hydrogen-bond acceptors (Lipinski definition) is 7. The highest BCUT2D eigenvalue weighted by molar-refractivity contribution is 5.55. The molecule has 0 spiro atoms. The summed E-state index contributed by atoms with van der Waals surface area (Å²) >= 11 is 0. The molecule has 0 saturated carbocycles. The molecule has 8 heteroatoms. The highest BCUT2D eigenvalue weighted by Gasteiger charge is 2.10.